The number of likely N-dealkylation sites (N-methyl/N-ethyl adjacent to an activating group) is 1. The van der Waals surface area contributed by atoms with Gasteiger partial charge < -0.3 is 15.2 Å². The predicted octanol–water partition coefficient (Wildman–Crippen LogP) is 1.24. The van der Waals surface area contributed by atoms with Gasteiger partial charge in [0.05, 0.1) is 18.2 Å². The average Bonchev–Trinajstić information content (AvgIpc) is 2.37. The number of hydrogen-bond donors (Lipinski definition) is 2. The molecule has 1 aliphatic rings. The minimum Gasteiger partial charge on any atom is -0.394 e. The van der Waals surface area contributed by atoms with Crippen LogP contribution in [0.3, 0.4) is 0 Å². The van der Waals surface area contributed by atoms with E-state index in [9.17, 15) is 5.11 Å². The second-order valence-corrected chi connectivity index (χ2v) is 5.62. The smallest absolute Gasteiger partial charge is 0.0702 e. The van der Waals surface area contributed by atoms with Crippen molar-refractivity contribution in [3.05, 3.63) is 0 Å². The predicted molar refractivity (Wildman–Crippen MR) is 74.9 cm³/mol. The molecule has 0 aromatic carbocycles. The van der Waals surface area contributed by atoms with E-state index >= 15 is 0 Å². The molecule has 2 N–H and O–H groups in total. The number of rotatable bonds is 8. The van der Waals surface area contributed by atoms with E-state index in [0.29, 0.717) is 6.10 Å². The average molecular weight is 258 g/mol. The van der Waals surface area contributed by atoms with E-state index in [2.05, 4.69) is 31.0 Å². The minimum absolute atomic E-state index is 0.178. The number of aliphatic hydroxyl groups excluding tert-OH is 1. The first-order valence-electron chi connectivity index (χ1n) is 7.33. The molecule has 1 saturated heterocycles. The molecule has 0 aromatic rings. The molecule has 1 aliphatic heterocycles. The molecule has 1 rings (SSSR count). The zero-order valence-corrected chi connectivity index (χ0v) is 12.2. The Hall–Kier alpha value is -0.160. The van der Waals surface area contributed by atoms with Gasteiger partial charge in [-0.3, -0.25) is 4.90 Å². The summed E-state index contributed by atoms with van der Waals surface area (Å²) in [6, 6.07) is 0. The van der Waals surface area contributed by atoms with Crippen LogP contribution in [0.4, 0.5) is 0 Å². The van der Waals surface area contributed by atoms with Crippen LogP contribution in [0, 0.1) is 0 Å². The molecule has 18 heavy (non-hydrogen) atoms. The Kier molecular flexibility index (Phi) is 7.15. The van der Waals surface area contributed by atoms with Crippen LogP contribution in [0.1, 0.15) is 40.0 Å². The Morgan fingerprint density at radius 2 is 2.22 bits per heavy atom. The normalized spacial score (nSPS) is 25.0. The van der Waals surface area contributed by atoms with Crippen LogP contribution in [0.5, 0.6) is 0 Å². The summed E-state index contributed by atoms with van der Waals surface area (Å²) in [4.78, 5) is 2.42. The summed E-state index contributed by atoms with van der Waals surface area (Å²) >= 11 is 0. The highest BCUT2D eigenvalue weighted by Gasteiger charge is 2.28. The Morgan fingerprint density at radius 1 is 1.44 bits per heavy atom. The highest BCUT2D eigenvalue weighted by molar-refractivity contribution is 4.87. The van der Waals surface area contributed by atoms with Crippen LogP contribution in [0.25, 0.3) is 0 Å². The first kappa shape index (κ1) is 15.9. The molecule has 0 aliphatic carbocycles. The number of nitrogens with one attached hydrogen (secondary N) is 1. The van der Waals surface area contributed by atoms with Crippen molar-refractivity contribution in [2.45, 2.75) is 51.7 Å². The molecule has 2 atom stereocenters. The zero-order valence-electron chi connectivity index (χ0n) is 12.2. The Balaban J connectivity index is 2.40. The fourth-order valence-electron chi connectivity index (χ4n) is 2.66. The maximum absolute atomic E-state index is 9.53. The van der Waals surface area contributed by atoms with E-state index in [1.165, 1.54) is 12.8 Å². The molecular weight excluding hydrogens is 228 g/mol. The van der Waals surface area contributed by atoms with E-state index in [0.717, 1.165) is 39.2 Å². The zero-order chi connectivity index (χ0) is 13.4. The van der Waals surface area contributed by atoms with Crippen molar-refractivity contribution in [3.8, 4) is 0 Å². The van der Waals surface area contributed by atoms with Gasteiger partial charge in [0.15, 0.2) is 0 Å². The van der Waals surface area contributed by atoms with Crippen LogP contribution in [0.15, 0.2) is 0 Å². The summed E-state index contributed by atoms with van der Waals surface area (Å²) in [6.07, 6.45) is 3.83. The number of likely N-dealkylation sites (tertiary alicyclic amines) is 1. The second kappa shape index (κ2) is 8.10. The summed E-state index contributed by atoms with van der Waals surface area (Å²) in [7, 11) is 0. The molecule has 0 bridgehead atoms. The third-order valence-electron chi connectivity index (χ3n) is 3.55. The summed E-state index contributed by atoms with van der Waals surface area (Å²) in [6.45, 7) is 11.3. The van der Waals surface area contributed by atoms with Crippen LogP contribution in [-0.2, 0) is 4.74 Å². The molecule has 2 unspecified atom stereocenters. The van der Waals surface area contributed by atoms with Crippen molar-refractivity contribution in [2.24, 2.45) is 0 Å². The maximum atomic E-state index is 9.53. The highest BCUT2D eigenvalue weighted by atomic mass is 16.5. The minimum atomic E-state index is -0.193. The van der Waals surface area contributed by atoms with E-state index < -0.39 is 0 Å². The van der Waals surface area contributed by atoms with Crippen LogP contribution in [0.2, 0.25) is 0 Å². The molecule has 1 heterocycles. The maximum Gasteiger partial charge on any atom is 0.0702 e. The Morgan fingerprint density at radius 3 is 2.83 bits per heavy atom. The molecule has 1 fully saturated rings. The van der Waals surface area contributed by atoms with Gasteiger partial charge in [-0.25, -0.2) is 0 Å². The summed E-state index contributed by atoms with van der Waals surface area (Å²) in [5.74, 6) is 0. The van der Waals surface area contributed by atoms with E-state index in [-0.39, 0.29) is 12.1 Å². The lowest BCUT2D eigenvalue weighted by Gasteiger charge is -2.39. The molecule has 108 valence electrons. The van der Waals surface area contributed by atoms with Crippen LogP contribution in [-0.4, -0.2) is 61.0 Å². The SMILES string of the molecule is CCCOC1CCCN(CC(C)(CO)NCC)C1. The lowest BCUT2D eigenvalue weighted by atomic mass is 10.00. The van der Waals surface area contributed by atoms with E-state index in [4.69, 9.17) is 4.74 Å². The summed E-state index contributed by atoms with van der Waals surface area (Å²) in [5, 5.41) is 12.9. The fourth-order valence-corrected chi connectivity index (χ4v) is 2.66. The molecule has 0 aromatic heterocycles. The number of hydrogen-bond acceptors (Lipinski definition) is 4. The van der Waals surface area contributed by atoms with Gasteiger partial charge in [0, 0.05) is 19.7 Å². The monoisotopic (exact) mass is 258 g/mol. The molecule has 4 nitrogen and oxygen atoms in total. The van der Waals surface area contributed by atoms with Crippen LogP contribution >= 0.6 is 0 Å². The quantitative estimate of drug-likeness (QED) is 0.687. The van der Waals surface area contributed by atoms with Gasteiger partial charge in [-0.1, -0.05) is 13.8 Å². The Bertz CT molecular complexity index is 226. The topological polar surface area (TPSA) is 44.7 Å². The third-order valence-corrected chi connectivity index (χ3v) is 3.55. The van der Waals surface area contributed by atoms with Crippen molar-refractivity contribution < 1.29 is 9.84 Å². The van der Waals surface area contributed by atoms with Gasteiger partial charge in [-0.2, -0.15) is 0 Å². The lowest BCUT2D eigenvalue weighted by Crippen LogP contribution is -2.56. The molecule has 0 amide bonds. The van der Waals surface area contributed by atoms with Crippen molar-refractivity contribution >= 4 is 0 Å². The van der Waals surface area contributed by atoms with Gasteiger partial charge in [-0.05, 0) is 39.3 Å². The van der Waals surface area contributed by atoms with Gasteiger partial charge in [0.1, 0.15) is 0 Å². The summed E-state index contributed by atoms with van der Waals surface area (Å²) in [5.41, 5.74) is -0.193. The van der Waals surface area contributed by atoms with Gasteiger partial charge in [-0.15, -0.1) is 0 Å². The molecule has 0 spiro atoms. The third kappa shape index (κ3) is 5.22. The summed E-state index contributed by atoms with van der Waals surface area (Å²) < 4.78 is 5.85. The number of piperidine rings is 1. The van der Waals surface area contributed by atoms with E-state index in [1.54, 1.807) is 0 Å². The van der Waals surface area contributed by atoms with Gasteiger partial charge in [0.25, 0.3) is 0 Å². The molecule has 0 saturated carbocycles. The fraction of sp³-hybridized carbons (Fsp3) is 1.00. The van der Waals surface area contributed by atoms with Crippen LogP contribution < -0.4 is 5.32 Å². The lowest BCUT2D eigenvalue weighted by molar-refractivity contribution is -0.0102. The van der Waals surface area contributed by atoms with Crippen molar-refractivity contribution in [3.63, 3.8) is 0 Å². The largest absolute Gasteiger partial charge is 0.394 e. The molecule has 0 radical (unpaired) electrons. The van der Waals surface area contributed by atoms with E-state index in [1.807, 2.05) is 0 Å². The van der Waals surface area contributed by atoms with Crippen molar-refractivity contribution in [1.82, 2.24) is 10.2 Å². The Labute approximate surface area is 112 Å². The number of aliphatic hydroxyl groups is 1. The van der Waals surface area contributed by atoms with Crippen molar-refractivity contribution in [1.29, 1.82) is 0 Å². The molecule has 4 heteroatoms. The first-order valence-corrected chi connectivity index (χ1v) is 7.33. The first-order chi connectivity index (χ1) is 8.63. The standard InChI is InChI=1S/C14H30N2O2/c1-4-9-18-13-7-6-8-16(10-13)11-14(3,12-17)15-5-2/h13,15,17H,4-12H2,1-3H3. The highest BCUT2D eigenvalue weighted by Crippen LogP contribution is 2.16. The van der Waals surface area contributed by atoms with Gasteiger partial charge in [0.2, 0.25) is 0 Å². The van der Waals surface area contributed by atoms with Gasteiger partial charge >= 0.3 is 0 Å². The second-order valence-electron chi connectivity index (χ2n) is 5.62. The number of ether oxygens (including phenoxy) is 1. The van der Waals surface area contributed by atoms with Crippen molar-refractivity contribution in [2.75, 3.05) is 39.4 Å². The number of nitrogens with zero attached hydrogens (tertiary/aromatic N) is 1. The molecular formula is C14H30N2O2.